The summed E-state index contributed by atoms with van der Waals surface area (Å²) in [6.07, 6.45) is 3.15. The van der Waals surface area contributed by atoms with Crippen molar-refractivity contribution in [1.29, 1.82) is 0 Å². The molecule has 0 radical (unpaired) electrons. The maximum absolute atomic E-state index is 11.8. The van der Waals surface area contributed by atoms with E-state index in [1.165, 1.54) is 0 Å². The number of carbonyl (C=O) groups excluding carboxylic acids is 1. The Morgan fingerprint density at radius 1 is 1.45 bits per heavy atom. The first-order chi connectivity index (χ1) is 9.63. The summed E-state index contributed by atoms with van der Waals surface area (Å²) in [7, 11) is 0. The zero-order chi connectivity index (χ0) is 14.5. The Morgan fingerprint density at radius 3 is 2.90 bits per heavy atom. The molecule has 0 saturated heterocycles. The van der Waals surface area contributed by atoms with Crippen LogP contribution in [0.15, 0.2) is 18.2 Å². The van der Waals surface area contributed by atoms with Gasteiger partial charge in [-0.1, -0.05) is 19.9 Å². The van der Waals surface area contributed by atoms with Crippen LogP contribution in [-0.2, 0) is 11.2 Å². The first-order valence-corrected chi connectivity index (χ1v) is 7.37. The normalized spacial score (nSPS) is 17.1. The van der Waals surface area contributed by atoms with Crippen molar-refractivity contribution in [3.8, 4) is 5.75 Å². The summed E-state index contributed by atoms with van der Waals surface area (Å²) in [5.74, 6) is 0.608. The van der Waals surface area contributed by atoms with Crippen molar-refractivity contribution >= 4 is 5.91 Å². The number of amides is 1. The first kappa shape index (κ1) is 14.9. The van der Waals surface area contributed by atoms with Crippen LogP contribution in [0.3, 0.4) is 0 Å². The van der Waals surface area contributed by atoms with Crippen LogP contribution in [0.4, 0.5) is 0 Å². The number of aliphatic hydroxyl groups is 1. The monoisotopic (exact) mass is 277 g/mol. The molecule has 1 amide bonds. The minimum absolute atomic E-state index is 0.0395. The third-order valence-electron chi connectivity index (χ3n) is 3.88. The van der Waals surface area contributed by atoms with Gasteiger partial charge in [0.2, 0.25) is 0 Å². The van der Waals surface area contributed by atoms with Gasteiger partial charge >= 0.3 is 0 Å². The number of rotatable bonds is 6. The number of carbonyl (C=O) groups is 1. The molecule has 4 heteroatoms. The van der Waals surface area contributed by atoms with Crippen LogP contribution in [0, 0.1) is 0 Å². The number of nitrogens with one attached hydrogen (secondary N) is 1. The fraction of sp³-hybridized carbons (Fsp3) is 0.562. The number of benzene rings is 1. The SMILES string of the molecule is CCC(CC)NC(=O)COc1ccc2c(c1)CC[C@H]2O. The van der Waals surface area contributed by atoms with Crippen molar-refractivity contribution in [2.75, 3.05) is 6.61 Å². The number of hydrogen-bond donors (Lipinski definition) is 2. The smallest absolute Gasteiger partial charge is 0.258 e. The van der Waals surface area contributed by atoms with Gasteiger partial charge in [0.15, 0.2) is 6.61 Å². The zero-order valence-corrected chi connectivity index (χ0v) is 12.2. The average Bonchev–Trinajstić information content (AvgIpc) is 2.83. The van der Waals surface area contributed by atoms with E-state index in [-0.39, 0.29) is 24.7 Å². The topological polar surface area (TPSA) is 58.6 Å². The molecule has 1 aliphatic carbocycles. The summed E-state index contributed by atoms with van der Waals surface area (Å²) < 4.78 is 5.52. The molecule has 0 fully saturated rings. The molecule has 1 aromatic carbocycles. The maximum atomic E-state index is 11.8. The summed E-state index contributed by atoms with van der Waals surface area (Å²) in [6.45, 7) is 4.15. The van der Waals surface area contributed by atoms with E-state index in [1.807, 2.05) is 18.2 Å². The van der Waals surface area contributed by atoms with Gasteiger partial charge in [-0.25, -0.2) is 0 Å². The Morgan fingerprint density at radius 2 is 2.20 bits per heavy atom. The van der Waals surface area contributed by atoms with E-state index in [0.29, 0.717) is 5.75 Å². The number of fused-ring (bicyclic) bond motifs is 1. The quantitative estimate of drug-likeness (QED) is 0.839. The van der Waals surface area contributed by atoms with E-state index < -0.39 is 0 Å². The van der Waals surface area contributed by atoms with Crippen molar-refractivity contribution in [2.24, 2.45) is 0 Å². The molecule has 0 bridgehead atoms. The van der Waals surface area contributed by atoms with E-state index >= 15 is 0 Å². The zero-order valence-electron chi connectivity index (χ0n) is 12.2. The van der Waals surface area contributed by atoms with Gasteiger partial charge in [-0.15, -0.1) is 0 Å². The summed E-state index contributed by atoms with van der Waals surface area (Å²) in [6, 6.07) is 5.86. The van der Waals surface area contributed by atoms with Gasteiger partial charge in [-0.05, 0) is 48.9 Å². The molecule has 0 saturated carbocycles. The van der Waals surface area contributed by atoms with Crippen LogP contribution in [0.1, 0.15) is 50.3 Å². The number of hydrogen-bond acceptors (Lipinski definition) is 3. The lowest BCUT2D eigenvalue weighted by Gasteiger charge is -2.15. The fourth-order valence-corrected chi connectivity index (χ4v) is 2.57. The predicted octanol–water partition coefficient (Wildman–Crippen LogP) is 2.35. The molecule has 1 aromatic rings. The molecule has 110 valence electrons. The Labute approximate surface area is 120 Å². The molecule has 1 atom stereocenters. The van der Waals surface area contributed by atoms with Crippen LogP contribution >= 0.6 is 0 Å². The van der Waals surface area contributed by atoms with Crippen molar-refractivity contribution in [3.63, 3.8) is 0 Å². The number of aliphatic hydroxyl groups excluding tert-OH is 1. The molecule has 2 N–H and O–H groups in total. The first-order valence-electron chi connectivity index (χ1n) is 7.37. The van der Waals surface area contributed by atoms with Gasteiger partial charge in [0.1, 0.15) is 5.75 Å². The lowest BCUT2D eigenvalue weighted by Crippen LogP contribution is -2.37. The molecule has 20 heavy (non-hydrogen) atoms. The average molecular weight is 277 g/mol. The van der Waals surface area contributed by atoms with Gasteiger partial charge in [0.05, 0.1) is 6.10 Å². The van der Waals surface area contributed by atoms with Gasteiger partial charge in [-0.2, -0.15) is 0 Å². The lowest BCUT2D eigenvalue weighted by molar-refractivity contribution is -0.123. The Kier molecular flexibility index (Phi) is 5.01. The van der Waals surface area contributed by atoms with Crippen LogP contribution in [0.2, 0.25) is 0 Å². The molecule has 0 aromatic heterocycles. The minimum Gasteiger partial charge on any atom is -0.484 e. The summed E-state index contributed by atoms with van der Waals surface area (Å²) in [4.78, 5) is 11.8. The Bertz CT molecular complexity index is 469. The molecule has 0 heterocycles. The third kappa shape index (κ3) is 3.51. The van der Waals surface area contributed by atoms with Gasteiger partial charge in [0, 0.05) is 6.04 Å². The van der Waals surface area contributed by atoms with Crippen LogP contribution in [-0.4, -0.2) is 23.7 Å². The van der Waals surface area contributed by atoms with E-state index in [1.54, 1.807) is 0 Å². The highest BCUT2D eigenvalue weighted by atomic mass is 16.5. The molecular formula is C16H23NO3. The fourth-order valence-electron chi connectivity index (χ4n) is 2.57. The highest BCUT2D eigenvalue weighted by Crippen LogP contribution is 2.33. The van der Waals surface area contributed by atoms with Crippen molar-refractivity contribution < 1.29 is 14.6 Å². The predicted molar refractivity (Wildman–Crippen MR) is 77.7 cm³/mol. The highest BCUT2D eigenvalue weighted by Gasteiger charge is 2.20. The third-order valence-corrected chi connectivity index (χ3v) is 3.88. The molecular weight excluding hydrogens is 254 g/mol. The lowest BCUT2D eigenvalue weighted by atomic mass is 10.1. The van der Waals surface area contributed by atoms with Crippen LogP contribution in [0.25, 0.3) is 0 Å². The molecule has 1 aliphatic rings. The number of aryl methyl sites for hydroxylation is 1. The van der Waals surface area contributed by atoms with Crippen molar-refractivity contribution in [3.05, 3.63) is 29.3 Å². The minimum atomic E-state index is -0.350. The van der Waals surface area contributed by atoms with E-state index in [2.05, 4.69) is 19.2 Å². The summed E-state index contributed by atoms with van der Waals surface area (Å²) >= 11 is 0. The van der Waals surface area contributed by atoms with Crippen LogP contribution < -0.4 is 10.1 Å². The van der Waals surface area contributed by atoms with E-state index in [9.17, 15) is 9.90 Å². The molecule has 4 nitrogen and oxygen atoms in total. The van der Waals surface area contributed by atoms with Gasteiger partial charge < -0.3 is 15.2 Å². The van der Waals surface area contributed by atoms with Crippen molar-refractivity contribution in [1.82, 2.24) is 5.32 Å². The van der Waals surface area contributed by atoms with Crippen molar-refractivity contribution in [2.45, 2.75) is 51.7 Å². The molecule has 0 unspecified atom stereocenters. The highest BCUT2D eigenvalue weighted by molar-refractivity contribution is 5.77. The van der Waals surface area contributed by atoms with Gasteiger partial charge in [0.25, 0.3) is 5.91 Å². The Hall–Kier alpha value is -1.55. The molecule has 0 aliphatic heterocycles. The largest absolute Gasteiger partial charge is 0.484 e. The number of ether oxygens (including phenoxy) is 1. The maximum Gasteiger partial charge on any atom is 0.258 e. The molecule has 2 rings (SSSR count). The van der Waals surface area contributed by atoms with Crippen LogP contribution in [0.5, 0.6) is 5.75 Å². The van der Waals surface area contributed by atoms with E-state index in [0.717, 1.165) is 36.8 Å². The summed E-state index contributed by atoms with van der Waals surface area (Å²) in [5.41, 5.74) is 2.11. The Balaban J connectivity index is 1.87. The second-order valence-electron chi connectivity index (χ2n) is 5.28. The van der Waals surface area contributed by atoms with E-state index in [4.69, 9.17) is 4.74 Å². The standard InChI is InChI=1S/C16H23NO3/c1-3-12(4-2)17-16(19)10-20-13-6-7-14-11(9-13)5-8-15(14)18/h6-7,9,12,15,18H,3-5,8,10H2,1-2H3,(H,17,19)/t15-/m1/s1. The summed E-state index contributed by atoms with van der Waals surface area (Å²) in [5, 5.41) is 12.7. The second kappa shape index (κ2) is 6.75. The second-order valence-corrected chi connectivity index (χ2v) is 5.28. The molecule has 0 spiro atoms. The van der Waals surface area contributed by atoms with Gasteiger partial charge in [-0.3, -0.25) is 4.79 Å².